The molecule has 0 aliphatic rings. The van der Waals surface area contributed by atoms with Crippen LogP contribution in [0, 0.1) is 5.92 Å². The Bertz CT molecular complexity index is 568. The Hall–Kier alpha value is -0.950. The van der Waals surface area contributed by atoms with Crippen molar-refractivity contribution in [3.05, 3.63) is 23.2 Å². The van der Waals surface area contributed by atoms with Crippen LogP contribution in [0.25, 0.3) is 0 Å². The van der Waals surface area contributed by atoms with Crippen LogP contribution >= 0.6 is 35.8 Å². The minimum atomic E-state index is -0.624. The highest BCUT2D eigenvalue weighted by Gasteiger charge is 2.18. The van der Waals surface area contributed by atoms with Crippen LogP contribution in [0.3, 0.4) is 0 Å². The monoisotopic (exact) mass is 393 g/mol. The van der Waals surface area contributed by atoms with Crippen molar-refractivity contribution < 1.29 is 9.59 Å². The largest absolute Gasteiger partial charge is 0.346 e. The van der Waals surface area contributed by atoms with Gasteiger partial charge in [-0.25, -0.2) is 0 Å². The maximum atomic E-state index is 12.0. The van der Waals surface area contributed by atoms with Gasteiger partial charge in [0.15, 0.2) is 0 Å². The summed E-state index contributed by atoms with van der Waals surface area (Å²) in [4.78, 5) is 24.6. The average Bonchev–Trinajstić information content (AvgIpc) is 2.47. The molecule has 2 amide bonds. The van der Waals surface area contributed by atoms with Gasteiger partial charge in [0.2, 0.25) is 11.8 Å². The minimum Gasteiger partial charge on any atom is -0.346 e. The van der Waals surface area contributed by atoms with Crippen molar-refractivity contribution in [1.29, 1.82) is 0 Å². The van der Waals surface area contributed by atoms with Crippen molar-refractivity contribution in [1.82, 2.24) is 5.32 Å². The van der Waals surface area contributed by atoms with Crippen molar-refractivity contribution >= 4 is 53.3 Å². The number of anilines is 1. The second-order valence-corrected chi connectivity index (χ2v) is 7.81. The number of halogens is 2. The standard InChI is InChI=1S/C16H24ClN3O2S.ClH/c1-9(2)14(18)16(22)19-8-13(21)20-12-7-5-6-11(17)15(12)23-10(3)4;/h5-7,9-10,14H,8,18H2,1-4H3,(H,19,22)(H,20,21);1H/t14-;/m0./s1. The number of carbonyl (C=O) groups excluding carboxylic acids is 2. The van der Waals surface area contributed by atoms with Crippen LogP contribution in [0.15, 0.2) is 23.1 Å². The molecule has 1 aromatic rings. The summed E-state index contributed by atoms with van der Waals surface area (Å²) in [6.45, 7) is 7.68. The van der Waals surface area contributed by atoms with Crippen LogP contribution in [0.1, 0.15) is 27.7 Å². The molecule has 0 aliphatic heterocycles. The SMILES string of the molecule is CC(C)Sc1c(Cl)cccc1NC(=O)CNC(=O)[C@@H](N)C(C)C.Cl. The van der Waals surface area contributed by atoms with Crippen molar-refractivity contribution in [2.24, 2.45) is 11.7 Å². The molecule has 24 heavy (non-hydrogen) atoms. The molecule has 136 valence electrons. The van der Waals surface area contributed by atoms with Crippen LogP contribution in [0.5, 0.6) is 0 Å². The first-order valence-corrected chi connectivity index (χ1v) is 8.76. The molecule has 0 spiro atoms. The van der Waals surface area contributed by atoms with Gasteiger partial charge in [-0.1, -0.05) is 45.4 Å². The lowest BCUT2D eigenvalue weighted by Crippen LogP contribution is -2.46. The highest BCUT2D eigenvalue weighted by Crippen LogP contribution is 2.36. The molecular formula is C16H25Cl2N3O2S. The summed E-state index contributed by atoms with van der Waals surface area (Å²) < 4.78 is 0. The van der Waals surface area contributed by atoms with Gasteiger partial charge in [0.25, 0.3) is 0 Å². The van der Waals surface area contributed by atoms with E-state index in [0.717, 1.165) is 4.90 Å². The third-order valence-corrected chi connectivity index (χ3v) is 4.61. The third-order valence-electron chi connectivity index (χ3n) is 3.04. The fraction of sp³-hybridized carbons (Fsp3) is 0.500. The number of benzene rings is 1. The number of rotatable bonds is 7. The molecule has 1 rings (SSSR count). The highest BCUT2D eigenvalue weighted by atomic mass is 35.5. The normalized spacial score (nSPS) is 11.8. The van der Waals surface area contributed by atoms with Gasteiger partial charge in [0.05, 0.1) is 23.3 Å². The Morgan fingerprint density at radius 1 is 1.25 bits per heavy atom. The van der Waals surface area contributed by atoms with Crippen molar-refractivity contribution in [3.8, 4) is 0 Å². The summed E-state index contributed by atoms with van der Waals surface area (Å²) in [7, 11) is 0. The lowest BCUT2D eigenvalue weighted by Gasteiger charge is -2.16. The van der Waals surface area contributed by atoms with Gasteiger partial charge in [-0.15, -0.1) is 24.2 Å². The number of hydrogen-bond donors (Lipinski definition) is 3. The third kappa shape index (κ3) is 7.30. The maximum absolute atomic E-state index is 12.0. The first-order valence-electron chi connectivity index (χ1n) is 7.50. The molecule has 4 N–H and O–H groups in total. The second-order valence-electron chi connectivity index (χ2n) is 5.82. The molecule has 0 saturated heterocycles. The molecule has 0 saturated carbocycles. The smallest absolute Gasteiger partial charge is 0.243 e. The summed E-state index contributed by atoms with van der Waals surface area (Å²) in [6.07, 6.45) is 0. The number of amides is 2. The predicted molar refractivity (Wildman–Crippen MR) is 104 cm³/mol. The zero-order valence-electron chi connectivity index (χ0n) is 14.3. The summed E-state index contributed by atoms with van der Waals surface area (Å²) in [5.74, 6) is -0.639. The summed E-state index contributed by atoms with van der Waals surface area (Å²) in [5, 5.41) is 6.24. The molecule has 0 unspecified atom stereocenters. The van der Waals surface area contributed by atoms with E-state index < -0.39 is 6.04 Å². The van der Waals surface area contributed by atoms with Crippen molar-refractivity contribution in [2.75, 3.05) is 11.9 Å². The van der Waals surface area contributed by atoms with Crippen molar-refractivity contribution in [3.63, 3.8) is 0 Å². The molecule has 5 nitrogen and oxygen atoms in total. The Labute approximate surface area is 158 Å². The molecular weight excluding hydrogens is 369 g/mol. The van der Waals surface area contributed by atoms with Crippen LogP contribution < -0.4 is 16.4 Å². The first-order chi connectivity index (χ1) is 10.7. The van der Waals surface area contributed by atoms with E-state index in [-0.39, 0.29) is 36.7 Å². The fourth-order valence-corrected chi connectivity index (χ4v) is 2.95. The molecule has 0 bridgehead atoms. The van der Waals surface area contributed by atoms with Gasteiger partial charge >= 0.3 is 0 Å². The Kier molecular flexibility index (Phi) is 10.4. The second kappa shape index (κ2) is 10.8. The quantitative estimate of drug-likeness (QED) is 0.620. The van der Waals surface area contributed by atoms with E-state index >= 15 is 0 Å². The van der Waals surface area contributed by atoms with Gasteiger partial charge in [-0.2, -0.15) is 0 Å². The summed E-state index contributed by atoms with van der Waals surface area (Å²) >= 11 is 7.78. The zero-order valence-corrected chi connectivity index (χ0v) is 16.6. The minimum absolute atomic E-state index is 0. The van der Waals surface area contributed by atoms with E-state index in [4.69, 9.17) is 17.3 Å². The topological polar surface area (TPSA) is 84.2 Å². The van der Waals surface area contributed by atoms with E-state index in [2.05, 4.69) is 10.6 Å². The first kappa shape index (κ1) is 23.1. The lowest BCUT2D eigenvalue weighted by atomic mass is 10.1. The Balaban J connectivity index is 0.00000529. The molecule has 8 heteroatoms. The molecule has 0 radical (unpaired) electrons. The van der Waals surface area contributed by atoms with E-state index in [9.17, 15) is 9.59 Å². The highest BCUT2D eigenvalue weighted by molar-refractivity contribution is 8.00. The zero-order chi connectivity index (χ0) is 17.6. The molecule has 0 heterocycles. The molecule has 0 aliphatic carbocycles. The Morgan fingerprint density at radius 2 is 1.88 bits per heavy atom. The molecule has 1 aromatic carbocycles. The maximum Gasteiger partial charge on any atom is 0.243 e. The van der Waals surface area contributed by atoms with Crippen LogP contribution in [0.2, 0.25) is 5.02 Å². The number of carbonyl (C=O) groups is 2. The van der Waals surface area contributed by atoms with E-state index in [1.54, 1.807) is 30.0 Å². The van der Waals surface area contributed by atoms with Gasteiger partial charge in [0.1, 0.15) is 0 Å². The van der Waals surface area contributed by atoms with E-state index in [1.807, 2.05) is 27.7 Å². The van der Waals surface area contributed by atoms with Gasteiger partial charge < -0.3 is 16.4 Å². The van der Waals surface area contributed by atoms with Crippen LogP contribution in [-0.4, -0.2) is 29.7 Å². The molecule has 0 fully saturated rings. The summed E-state index contributed by atoms with van der Waals surface area (Å²) in [6, 6.07) is 4.72. The van der Waals surface area contributed by atoms with Gasteiger partial charge in [0, 0.05) is 10.1 Å². The summed E-state index contributed by atoms with van der Waals surface area (Å²) in [5.41, 5.74) is 6.38. The number of thioether (sulfide) groups is 1. The molecule has 1 atom stereocenters. The Morgan fingerprint density at radius 3 is 2.42 bits per heavy atom. The van der Waals surface area contributed by atoms with Crippen LogP contribution in [-0.2, 0) is 9.59 Å². The predicted octanol–water partition coefficient (Wildman–Crippen LogP) is 3.30. The fourth-order valence-electron chi connectivity index (χ4n) is 1.75. The molecule has 0 aromatic heterocycles. The number of nitrogens with one attached hydrogen (secondary N) is 2. The van der Waals surface area contributed by atoms with Gasteiger partial charge in [-0.05, 0) is 18.1 Å². The number of hydrogen-bond acceptors (Lipinski definition) is 4. The van der Waals surface area contributed by atoms with Gasteiger partial charge in [-0.3, -0.25) is 9.59 Å². The number of nitrogens with two attached hydrogens (primary N) is 1. The average molecular weight is 394 g/mol. The van der Waals surface area contributed by atoms with E-state index in [0.29, 0.717) is 16.0 Å². The lowest BCUT2D eigenvalue weighted by molar-refractivity contribution is -0.125. The van der Waals surface area contributed by atoms with Crippen molar-refractivity contribution in [2.45, 2.75) is 43.9 Å². The van der Waals surface area contributed by atoms with Crippen LogP contribution in [0.4, 0.5) is 5.69 Å². The van der Waals surface area contributed by atoms with E-state index in [1.165, 1.54) is 0 Å².